The van der Waals surface area contributed by atoms with E-state index in [1.54, 1.807) is 18.3 Å². The zero-order valence-corrected chi connectivity index (χ0v) is 7.81. The molecule has 0 atom stereocenters. The van der Waals surface area contributed by atoms with Gasteiger partial charge in [0.1, 0.15) is 5.82 Å². The Balaban J connectivity index is 2.64. The lowest BCUT2D eigenvalue weighted by atomic mass is 10.4. The number of aryl methyl sites for hydroxylation is 1. The fourth-order valence-electron chi connectivity index (χ4n) is 1.37. The van der Waals surface area contributed by atoms with Gasteiger partial charge in [0.05, 0.1) is 6.57 Å². The Hall–Kier alpha value is -2.08. The predicted octanol–water partition coefficient (Wildman–Crippen LogP) is 2.73. The van der Waals surface area contributed by atoms with Gasteiger partial charge in [0.15, 0.2) is 0 Å². The van der Waals surface area contributed by atoms with Gasteiger partial charge >= 0.3 is 0 Å². The number of hydrogen-bond acceptors (Lipinski definition) is 1. The Morgan fingerprint density at radius 2 is 2.21 bits per heavy atom. The molecule has 0 amide bonds. The predicted molar refractivity (Wildman–Crippen MR) is 54.6 cm³/mol. The Kier molecular flexibility index (Phi) is 2.04. The monoisotopic (exact) mass is 183 g/mol. The first-order valence-corrected chi connectivity index (χ1v) is 4.30. The molecule has 0 spiro atoms. The molecule has 2 heterocycles. The molecule has 3 nitrogen and oxygen atoms in total. The summed E-state index contributed by atoms with van der Waals surface area (Å²) in [5, 5.41) is 0. The standard InChI is InChI=1S/C11H9N3/c1-9-5-4-8-14(9)11-10(12-2)6-3-7-13-11/h3-8H,1H3. The van der Waals surface area contributed by atoms with Gasteiger partial charge < -0.3 is 4.57 Å². The summed E-state index contributed by atoms with van der Waals surface area (Å²) in [5.74, 6) is 0.699. The van der Waals surface area contributed by atoms with Crippen LogP contribution >= 0.6 is 0 Å². The molecule has 3 heteroatoms. The zero-order valence-electron chi connectivity index (χ0n) is 7.81. The van der Waals surface area contributed by atoms with Crippen molar-refractivity contribution in [1.82, 2.24) is 9.55 Å². The molecule has 0 radical (unpaired) electrons. The summed E-state index contributed by atoms with van der Waals surface area (Å²) < 4.78 is 1.91. The SMILES string of the molecule is [C-]#[N+]c1cccnc1-n1cccc1C. The average Bonchev–Trinajstić information content (AvgIpc) is 2.64. The topological polar surface area (TPSA) is 22.2 Å². The number of nitrogens with zero attached hydrogens (tertiary/aromatic N) is 3. The van der Waals surface area contributed by atoms with Crippen LogP contribution in [-0.4, -0.2) is 9.55 Å². The lowest BCUT2D eigenvalue weighted by Crippen LogP contribution is -1.97. The van der Waals surface area contributed by atoms with Crippen molar-refractivity contribution in [2.75, 3.05) is 0 Å². The van der Waals surface area contributed by atoms with Gasteiger partial charge in [-0.25, -0.2) is 4.85 Å². The van der Waals surface area contributed by atoms with Crippen LogP contribution in [0.5, 0.6) is 0 Å². The molecular weight excluding hydrogens is 174 g/mol. The minimum Gasteiger partial charge on any atom is -0.315 e. The Morgan fingerprint density at radius 3 is 2.86 bits per heavy atom. The van der Waals surface area contributed by atoms with Gasteiger partial charge in [0.2, 0.25) is 5.69 Å². The van der Waals surface area contributed by atoms with E-state index in [4.69, 9.17) is 6.57 Å². The maximum absolute atomic E-state index is 7.03. The summed E-state index contributed by atoms with van der Waals surface area (Å²) in [5.41, 5.74) is 1.65. The second-order valence-corrected chi connectivity index (χ2v) is 2.98. The van der Waals surface area contributed by atoms with Crippen LogP contribution < -0.4 is 0 Å². The highest BCUT2D eigenvalue weighted by Crippen LogP contribution is 2.21. The third-order valence-electron chi connectivity index (χ3n) is 2.07. The number of hydrogen-bond donors (Lipinski definition) is 0. The molecule has 0 aromatic carbocycles. The van der Waals surface area contributed by atoms with Crippen LogP contribution in [0.15, 0.2) is 36.7 Å². The van der Waals surface area contributed by atoms with E-state index in [-0.39, 0.29) is 0 Å². The Labute approximate surface area is 82.5 Å². The van der Waals surface area contributed by atoms with Crippen LogP contribution in [0, 0.1) is 13.5 Å². The first kappa shape index (κ1) is 8.52. The van der Waals surface area contributed by atoms with Crippen LogP contribution in [-0.2, 0) is 0 Å². The third kappa shape index (κ3) is 1.27. The van der Waals surface area contributed by atoms with Gasteiger partial charge in [0, 0.05) is 18.1 Å². The van der Waals surface area contributed by atoms with E-state index in [1.807, 2.05) is 29.8 Å². The van der Waals surface area contributed by atoms with E-state index >= 15 is 0 Å². The number of aromatic nitrogens is 2. The zero-order chi connectivity index (χ0) is 9.97. The third-order valence-corrected chi connectivity index (χ3v) is 2.07. The van der Waals surface area contributed by atoms with Crippen molar-refractivity contribution < 1.29 is 0 Å². The van der Waals surface area contributed by atoms with Crippen LogP contribution in [0.25, 0.3) is 10.7 Å². The molecule has 0 bridgehead atoms. The second kappa shape index (κ2) is 3.35. The molecule has 0 N–H and O–H groups in total. The molecule has 0 aliphatic carbocycles. The van der Waals surface area contributed by atoms with E-state index in [1.165, 1.54) is 0 Å². The van der Waals surface area contributed by atoms with E-state index in [2.05, 4.69) is 9.83 Å². The molecule has 68 valence electrons. The van der Waals surface area contributed by atoms with Gasteiger partial charge in [-0.1, -0.05) is 12.1 Å². The Bertz CT molecular complexity index is 491. The van der Waals surface area contributed by atoms with E-state index in [9.17, 15) is 0 Å². The molecule has 0 aliphatic rings. The quantitative estimate of drug-likeness (QED) is 0.623. The minimum absolute atomic E-state index is 0.576. The van der Waals surface area contributed by atoms with Crippen molar-refractivity contribution in [2.45, 2.75) is 6.92 Å². The number of pyridine rings is 1. The van der Waals surface area contributed by atoms with Gasteiger partial charge in [-0.3, -0.25) is 4.98 Å². The lowest BCUT2D eigenvalue weighted by molar-refractivity contribution is 0.967. The maximum atomic E-state index is 7.03. The van der Waals surface area contributed by atoms with Crippen LogP contribution in [0.2, 0.25) is 0 Å². The van der Waals surface area contributed by atoms with Crippen molar-refractivity contribution in [3.8, 4) is 5.82 Å². The number of rotatable bonds is 1. The molecule has 0 saturated carbocycles. The Morgan fingerprint density at radius 1 is 1.36 bits per heavy atom. The van der Waals surface area contributed by atoms with Crippen molar-refractivity contribution in [2.24, 2.45) is 0 Å². The molecule has 14 heavy (non-hydrogen) atoms. The molecular formula is C11H9N3. The molecule has 0 unspecified atom stereocenters. The average molecular weight is 183 g/mol. The van der Waals surface area contributed by atoms with Crippen LogP contribution in [0.3, 0.4) is 0 Å². The highest BCUT2D eigenvalue weighted by atomic mass is 15.1. The molecule has 0 fully saturated rings. The summed E-state index contributed by atoms with van der Waals surface area (Å²) in [6, 6.07) is 7.48. The van der Waals surface area contributed by atoms with Crippen molar-refractivity contribution in [1.29, 1.82) is 0 Å². The van der Waals surface area contributed by atoms with Crippen LogP contribution in [0.4, 0.5) is 5.69 Å². The van der Waals surface area contributed by atoms with Gasteiger partial charge in [-0.05, 0) is 19.1 Å². The van der Waals surface area contributed by atoms with Gasteiger partial charge in [0.25, 0.3) is 0 Å². The summed E-state index contributed by atoms with van der Waals surface area (Å²) in [4.78, 5) is 7.64. The largest absolute Gasteiger partial charge is 0.315 e. The lowest BCUT2D eigenvalue weighted by Gasteiger charge is -2.06. The van der Waals surface area contributed by atoms with E-state index in [0.29, 0.717) is 11.5 Å². The smallest absolute Gasteiger partial charge is 0.229 e. The van der Waals surface area contributed by atoms with E-state index < -0.39 is 0 Å². The highest BCUT2D eigenvalue weighted by molar-refractivity contribution is 5.58. The van der Waals surface area contributed by atoms with Gasteiger partial charge in [-0.15, -0.1) is 0 Å². The second-order valence-electron chi connectivity index (χ2n) is 2.98. The fourth-order valence-corrected chi connectivity index (χ4v) is 1.37. The normalized spacial score (nSPS) is 9.71. The van der Waals surface area contributed by atoms with Crippen LogP contribution in [0.1, 0.15) is 5.69 Å². The molecule has 0 saturated heterocycles. The molecule has 2 rings (SSSR count). The summed E-state index contributed by atoms with van der Waals surface area (Å²) in [7, 11) is 0. The minimum atomic E-state index is 0.576. The fraction of sp³-hybridized carbons (Fsp3) is 0.0909. The molecule has 0 aliphatic heterocycles. The van der Waals surface area contributed by atoms with Crippen molar-refractivity contribution in [3.05, 3.63) is 53.8 Å². The van der Waals surface area contributed by atoms with E-state index in [0.717, 1.165) is 5.69 Å². The first-order valence-electron chi connectivity index (χ1n) is 4.30. The van der Waals surface area contributed by atoms with Crippen molar-refractivity contribution in [3.63, 3.8) is 0 Å². The highest BCUT2D eigenvalue weighted by Gasteiger charge is 2.05. The van der Waals surface area contributed by atoms with Crippen molar-refractivity contribution >= 4 is 5.69 Å². The maximum Gasteiger partial charge on any atom is 0.229 e. The first-order chi connectivity index (χ1) is 6.83. The summed E-state index contributed by atoms with van der Waals surface area (Å²) in [6.45, 7) is 9.02. The summed E-state index contributed by atoms with van der Waals surface area (Å²) in [6.07, 6.45) is 3.61. The summed E-state index contributed by atoms with van der Waals surface area (Å²) >= 11 is 0. The van der Waals surface area contributed by atoms with Gasteiger partial charge in [-0.2, -0.15) is 0 Å². The molecule has 2 aromatic heterocycles. The molecule has 2 aromatic rings.